The number of halogens is 2. The van der Waals surface area contributed by atoms with E-state index in [2.05, 4.69) is 10.6 Å². The second-order valence-electron chi connectivity index (χ2n) is 4.49. The third kappa shape index (κ3) is 4.58. The zero-order valence-electron chi connectivity index (χ0n) is 11.2. The third-order valence-corrected chi connectivity index (χ3v) is 3.72. The van der Waals surface area contributed by atoms with Crippen LogP contribution >= 0.6 is 23.2 Å². The van der Waals surface area contributed by atoms with Crippen LogP contribution in [-0.2, 0) is 4.79 Å². The summed E-state index contributed by atoms with van der Waals surface area (Å²) in [5.41, 5.74) is 5.60. The molecule has 0 heterocycles. The Bertz CT molecular complexity index is 508. The van der Waals surface area contributed by atoms with Crippen molar-refractivity contribution in [3.63, 3.8) is 0 Å². The van der Waals surface area contributed by atoms with E-state index < -0.39 is 12.1 Å². The molecular weight excluding hydrogens is 301 g/mol. The van der Waals surface area contributed by atoms with Crippen LogP contribution in [-0.4, -0.2) is 18.0 Å². The van der Waals surface area contributed by atoms with E-state index in [1.807, 2.05) is 13.8 Å². The number of urea groups is 1. The lowest BCUT2D eigenvalue weighted by atomic mass is 9.98. The van der Waals surface area contributed by atoms with E-state index in [9.17, 15) is 9.59 Å². The van der Waals surface area contributed by atoms with Gasteiger partial charge in [-0.2, -0.15) is 0 Å². The zero-order chi connectivity index (χ0) is 15.3. The summed E-state index contributed by atoms with van der Waals surface area (Å²) < 4.78 is 0. The number of rotatable bonds is 5. The maximum Gasteiger partial charge on any atom is 0.312 e. The molecule has 0 saturated carbocycles. The second-order valence-corrected chi connectivity index (χ2v) is 5.30. The highest BCUT2D eigenvalue weighted by molar-refractivity contribution is 6.42. The van der Waals surface area contributed by atoms with Crippen LogP contribution in [0.3, 0.4) is 0 Å². The number of nitrogens with two attached hydrogens (primary N) is 1. The molecule has 0 spiro atoms. The summed E-state index contributed by atoms with van der Waals surface area (Å²) in [5, 5.41) is 5.86. The van der Waals surface area contributed by atoms with Gasteiger partial charge in [-0.05, 0) is 24.1 Å². The van der Waals surface area contributed by atoms with Crippen molar-refractivity contribution < 1.29 is 9.59 Å². The highest BCUT2D eigenvalue weighted by Crippen LogP contribution is 2.25. The number of carbonyl (C=O) groups excluding carboxylic acids is 2. The molecule has 1 aromatic rings. The molecule has 2 atom stereocenters. The topological polar surface area (TPSA) is 84.2 Å². The Morgan fingerprint density at radius 3 is 2.45 bits per heavy atom. The molecule has 2 unspecified atom stereocenters. The van der Waals surface area contributed by atoms with Gasteiger partial charge in [0.2, 0.25) is 5.91 Å². The van der Waals surface area contributed by atoms with Gasteiger partial charge in [-0.3, -0.25) is 4.79 Å². The number of hydrogen-bond donors (Lipinski definition) is 3. The molecular formula is C13H17Cl2N3O2. The normalized spacial score (nSPS) is 13.4. The van der Waals surface area contributed by atoms with E-state index in [0.717, 1.165) is 6.42 Å². The summed E-state index contributed by atoms with van der Waals surface area (Å²) in [4.78, 5) is 23.2. The maximum absolute atomic E-state index is 12.2. The molecule has 4 N–H and O–H groups in total. The minimum absolute atomic E-state index is 0.0507. The molecule has 0 aliphatic heterocycles. The molecule has 1 rings (SSSR count). The smallest absolute Gasteiger partial charge is 0.312 e. The van der Waals surface area contributed by atoms with Crippen LogP contribution in [0.15, 0.2) is 18.2 Å². The van der Waals surface area contributed by atoms with Gasteiger partial charge in [-0.1, -0.05) is 43.5 Å². The fourth-order valence-electron chi connectivity index (χ4n) is 1.65. The Kier molecular flexibility index (Phi) is 6.10. The minimum Gasteiger partial charge on any atom is -0.352 e. The number of benzene rings is 1. The van der Waals surface area contributed by atoms with Crippen LogP contribution in [0.5, 0.6) is 0 Å². The fraction of sp³-hybridized carbons (Fsp3) is 0.385. The Morgan fingerprint density at radius 1 is 1.30 bits per heavy atom. The quantitative estimate of drug-likeness (QED) is 0.779. The molecule has 0 aliphatic carbocycles. The summed E-state index contributed by atoms with van der Waals surface area (Å²) in [6.07, 6.45) is 0.722. The zero-order valence-corrected chi connectivity index (χ0v) is 12.8. The molecule has 5 nitrogen and oxygen atoms in total. The van der Waals surface area contributed by atoms with Crippen molar-refractivity contribution in [3.8, 4) is 0 Å². The van der Waals surface area contributed by atoms with E-state index in [1.54, 1.807) is 18.2 Å². The monoisotopic (exact) mass is 317 g/mol. The van der Waals surface area contributed by atoms with Crippen molar-refractivity contribution in [2.45, 2.75) is 26.3 Å². The first-order valence-corrected chi connectivity index (χ1v) is 6.92. The average Bonchev–Trinajstić information content (AvgIpc) is 2.39. The van der Waals surface area contributed by atoms with E-state index >= 15 is 0 Å². The Morgan fingerprint density at radius 2 is 1.95 bits per heavy atom. The van der Waals surface area contributed by atoms with Crippen molar-refractivity contribution in [1.82, 2.24) is 5.32 Å². The predicted octanol–water partition coefficient (Wildman–Crippen LogP) is 3.01. The van der Waals surface area contributed by atoms with Crippen LogP contribution in [0.25, 0.3) is 0 Å². The van der Waals surface area contributed by atoms with Crippen LogP contribution < -0.4 is 16.4 Å². The Hall–Kier alpha value is -1.46. The Labute approximate surface area is 127 Å². The maximum atomic E-state index is 12.2. The van der Waals surface area contributed by atoms with E-state index in [0.29, 0.717) is 15.7 Å². The van der Waals surface area contributed by atoms with E-state index in [4.69, 9.17) is 28.9 Å². The van der Waals surface area contributed by atoms with E-state index in [1.165, 1.54) is 0 Å². The average molecular weight is 318 g/mol. The van der Waals surface area contributed by atoms with Gasteiger partial charge in [0.05, 0.1) is 10.0 Å². The van der Waals surface area contributed by atoms with Crippen LogP contribution in [0, 0.1) is 5.92 Å². The number of carbonyl (C=O) groups is 2. The molecule has 0 saturated heterocycles. The molecule has 7 heteroatoms. The third-order valence-electron chi connectivity index (χ3n) is 2.98. The lowest BCUT2D eigenvalue weighted by Gasteiger charge is -2.22. The Balaban J connectivity index is 2.84. The SMILES string of the molecule is CCC(C)C(NC(N)=O)C(=O)Nc1ccc(Cl)c(Cl)c1. The number of primary amides is 1. The minimum atomic E-state index is -0.736. The van der Waals surface area contributed by atoms with Crippen molar-refractivity contribution >= 4 is 40.8 Å². The molecule has 0 bridgehead atoms. The predicted molar refractivity (Wildman–Crippen MR) is 81.1 cm³/mol. The first-order valence-electron chi connectivity index (χ1n) is 6.17. The van der Waals surface area contributed by atoms with Crippen molar-refractivity contribution in [1.29, 1.82) is 0 Å². The molecule has 0 fully saturated rings. The first kappa shape index (κ1) is 16.6. The number of anilines is 1. The fourth-order valence-corrected chi connectivity index (χ4v) is 1.95. The lowest BCUT2D eigenvalue weighted by molar-refractivity contribution is -0.119. The van der Waals surface area contributed by atoms with Crippen LogP contribution in [0.1, 0.15) is 20.3 Å². The number of amides is 3. The number of hydrogen-bond acceptors (Lipinski definition) is 2. The van der Waals surface area contributed by atoms with Crippen molar-refractivity contribution in [2.24, 2.45) is 11.7 Å². The highest BCUT2D eigenvalue weighted by atomic mass is 35.5. The largest absolute Gasteiger partial charge is 0.352 e. The highest BCUT2D eigenvalue weighted by Gasteiger charge is 2.25. The van der Waals surface area contributed by atoms with Crippen LogP contribution in [0.2, 0.25) is 10.0 Å². The standard InChI is InChI=1S/C13H17Cl2N3O2/c1-3-7(2)11(18-13(16)20)12(19)17-8-4-5-9(14)10(15)6-8/h4-7,11H,3H2,1-2H3,(H,17,19)(H3,16,18,20). The van der Waals surface area contributed by atoms with Gasteiger partial charge in [-0.25, -0.2) is 4.79 Å². The first-order chi connectivity index (χ1) is 9.35. The molecule has 0 aromatic heterocycles. The molecule has 0 radical (unpaired) electrons. The van der Waals surface area contributed by atoms with E-state index in [-0.39, 0.29) is 11.8 Å². The van der Waals surface area contributed by atoms with Gasteiger partial charge in [0.15, 0.2) is 0 Å². The van der Waals surface area contributed by atoms with Crippen LogP contribution in [0.4, 0.5) is 10.5 Å². The molecule has 20 heavy (non-hydrogen) atoms. The van der Waals surface area contributed by atoms with Crippen molar-refractivity contribution in [2.75, 3.05) is 5.32 Å². The summed E-state index contributed by atoms with van der Waals surface area (Å²) in [5.74, 6) is -0.401. The van der Waals surface area contributed by atoms with Gasteiger partial charge >= 0.3 is 6.03 Å². The summed E-state index contributed by atoms with van der Waals surface area (Å²) in [6, 6.07) is 3.31. The summed E-state index contributed by atoms with van der Waals surface area (Å²) in [6.45, 7) is 3.78. The van der Waals surface area contributed by atoms with Gasteiger partial charge in [-0.15, -0.1) is 0 Å². The molecule has 3 amide bonds. The van der Waals surface area contributed by atoms with Gasteiger partial charge in [0.25, 0.3) is 0 Å². The number of nitrogens with one attached hydrogen (secondary N) is 2. The molecule has 1 aromatic carbocycles. The molecule has 0 aliphatic rings. The second kappa shape index (κ2) is 7.36. The summed E-state index contributed by atoms with van der Waals surface area (Å²) >= 11 is 11.7. The molecule has 110 valence electrons. The van der Waals surface area contributed by atoms with Crippen molar-refractivity contribution in [3.05, 3.63) is 28.2 Å². The van der Waals surface area contributed by atoms with Gasteiger partial charge < -0.3 is 16.4 Å². The van der Waals surface area contributed by atoms with Gasteiger partial charge in [0.1, 0.15) is 6.04 Å². The van der Waals surface area contributed by atoms with Gasteiger partial charge in [0, 0.05) is 5.69 Å². The lowest BCUT2D eigenvalue weighted by Crippen LogP contribution is -2.49. The summed E-state index contributed by atoms with van der Waals surface area (Å²) in [7, 11) is 0.